The third kappa shape index (κ3) is 4.10. The monoisotopic (exact) mass is 239 g/mol. The van der Waals surface area contributed by atoms with Crippen molar-refractivity contribution in [2.75, 3.05) is 6.54 Å². The largest absolute Gasteiger partial charge is 0.389 e. The summed E-state index contributed by atoms with van der Waals surface area (Å²) >= 11 is 0. The van der Waals surface area contributed by atoms with Crippen LogP contribution in [0.25, 0.3) is 0 Å². The van der Waals surface area contributed by atoms with E-state index < -0.39 is 5.60 Å². The van der Waals surface area contributed by atoms with Gasteiger partial charge in [-0.05, 0) is 37.5 Å². The summed E-state index contributed by atoms with van der Waals surface area (Å²) < 4.78 is 12.8. The van der Waals surface area contributed by atoms with Crippen molar-refractivity contribution in [3.63, 3.8) is 0 Å². The zero-order chi connectivity index (χ0) is 12.9. The van der Waals surface area contributed by atoms with Crippen molar-refractivity contribution in [2.45, 2.75) is 45.3 Å². The van der Waals surface area contributed by atoms with E-state index in [0.29, 0.717) is 6.54 Å². The summed E-state index contributed by atoms with van der Waals surface area (Å²) in [4.78, 5) is 0. The summed E-state index contributed by atoms with van der Waals surface area (Å²) in [5.74, 6) is -0.223. The summed E-state index contributed by atoms with van der Waals surface area (Å²) in [5, 5.41) is 13.4. The van der Waals surface area contributed by atoms with Crippen LogP contribution in [0.5, 0.6) is 0 Å². The highest BCUT2D eigenvalue weighted by Crippen LogP contribution is 2.17. The van der Waals surface area contributed by atoms with Gasteiger partial charge in [0.05, 0.1) is 5.60 Å². The van der Waals surface area contributed by atoms with Crippen molar-refractivity contribution in [3.8, 4) is 0 Å². The van der Waals surface area contributed by atoms with Crippen LogP contribution in [0.4, 0.5) is 4.39 Å². The molecule has 0 amide bonds. The summed E-state index contributed by atoms with van der Waals surface area (Å²) in [5.41, 5.74) is 0.384. The van der Waals surface area contributed by atoms with Crippen molar-refractivity contribution in [1.29, 1.82) is 0 Å². The van der Waals surface area contributed by atoms with Crippen molar-refractivity contribution in [3.05, 3.63) is 35.6 Å². The third-order valence-electron chi connectivity index (χ3n) is 3.42. The molecule has 1 rings (SSSR count). The van der Waals surface area contributed by atoms with Gasteiger partial charge in [-0.2, -0.15) is 0 Å². The fraction of sp³-hybridized carbons (Fsp3) is 0.571. The number of nitrogens with one attached hydrogen (secondary N) is 1. The van der Waals surface area contributed by atoms with Gasteiger partial charge >= 0.3 is 0 Å². The molecule has 0 bridgehead atoms. The smallest absolute Gasteiger partial charge is 0.123 e. The molecule has 0 aromatic heterocycles. The van der Waals surface area contributed by atoms with E-state index in [2.05, 4.69) is 5.32 Å². The average molecular weight is 239 g/mol. The first-order valence-electron chi connectivity index (χ1n) is 6.22. The molecule has 3 heteroatoms. The average Bonchev–Trinajstić information content (AvgIpc) is 2.36. The van der Waals surface area contributed by atoms with Gasteiger partial charge in [-0.3, -0.25) is 0 Å². The van der Waals surface area contributed by atoms with E-state index in [1.54, 1.807) is 12.1 Å². The topological polar surface area (TPSA) is 32.3 Å². The first-order valence-corrected chi connectivity index (χ1v) is 6.22. The predicted molar refractivity (Wildman–Crippen MR) is 68.3 cm³/mol. The second-order valence-corrected chi connectivity index (χ2v) is 4.59. The van der Waals surface area contributed by atoms with Crippen LogP contribution < -0.4 is 5.32 Å². The molecular weight excluding hydrogens is 217 g/mol. The molecule has 0 aliphatic rings. The van der Waals surface area contributed by atoms with Gasteiger partial charge in [0.2, 0.25) is 0 Å². The lowest BCUT2D eigenvalue weighted by molar-refractivity contribution is 0.0303. The minimum Gasteiger partial charge on any atom is -0.389 e. The molecule has 2 N–H and O–H groups in total. The van der Waals surface area contributed by atoms with Crippen molar-refractivity contribution in [2.24, 2.45) is 0 Å². The first kappa shape index (κ1) is 14.1. The number of hydrogen-bond donors (Lipinski definition) is 2. The molecule has 1 aromatic carbocycles. The van der Waals surface area contributed by atoms with Crippen LogP contribution in [-0.4, -0.2) is 17.3 Å². The van der Waals surface area contributed by atoms with Gasteiger partial charge in [-0.15, -0.1) is 0 Å². The summed E-state index contributed by atoms with van der Waals surface area (Å²) in [6.45, 7) is 6.53. The van der Waals surface area contributed by atoms with Crippen LogP contribution in [-0.2, 0) is 0 Å². The minimum absolute atomic E-state index is 0.111. The molecule has 1 aromatic rings. The molecule has 0 fully saturated rings. The molecule has 0 spiro atoms. The van der Waals surface area contributed by atoms with Crippen LogP contribution >= 0.6 is 0 Å². The number of benzene rings is 1. The molecule has 2 nitrogen and oxygen atoms in total. The van der Waals surface area contributed by atoms with Crippen LogP contribution in [0.2, 0.25) is 0 Å². The Hall–Kier alpha value is -0.930. The van der Waals surface area contributed by atoms with Gasteiger partial charge in [0.1, 0.15) is 5.82 Å². The Bertz CT molecular complexity index is 333. The fourth-order valence-corrected chi connectivity index (χ4v) is 1.71. The Morgan fingerprint density at radius 2 is 1.76 bits per heavy atom. The Labute approximate surface area is 103 Å². The van der Waals surface area contributed by atoms with Crippen molar-refractivity contribution < 1.29 is 9.50 Å². The second-order valence-electron chi connectivity index (χ2n) is 4.59. The number of rotatable bonds is 6. The van der Waals surface area contributed by atoms with E-state index in [9.17, 15) is 9.50 Å². The Morgan fingerprint density at radius 1 is 1.24 bits per heavy atom. The summed E-state index contributed by atoms with van der Waals surface area (Å²) in [6.07, 6.45) is 1.46. The highest BCUT2D eigenvalue weighted by Gasteiger charge is 2.22. The van der Waals surface area contributed by atoms with Crippen molar-refractivity contribution >= 4 is 0 Å². The molecule has 96 valence electrons. The molecular formula is C14H22FNO. The Morgan fingerprint density at radius 3 is 2.24 bits per heavy atom. The van der Waals surface area contributed by atoms with Gasteiger partial charge in [0.15, 0.2) is 0 Å². The zero-order valence-corrected chi connectivity index (χ0v) is 10.8. The number of aliphatic hydroxyl groups is 1. The highest BCUT2D eigenvalue weighted by molar-refractivity contribution is 5.19. The molecule has 0 aliphatic carbocycles. The molecule has 0 radical (unpaired) electrons. The first-order chi connectivity index (χ1) is 8.00. The van der Waals surface area contributed by atoms with E-state index in [1.165, 1.54) is 12.1 Å². The van der Waals surface area contributed by atoms with E-state index in [0.717, 1.165) is 18.4 Å². The van der Waals surface area contributed by atoms with Gasteiger partial charge in [0.25, 0.3) is 0 Å². The second kappa shape index (κ2) is 6.12. The van der Waals surface area contributed by atoms with Crippen molar-refractivity contribution in [1.82, 2.24) is 5.32 Å². The Kier molecular flexibility index (Phi) is 5.09. The van der Waals surface area contributed by atoms with Crippen LogP contribution in [0.1, 0.15) is 45.2 Å². The zero-order valence-electron chi connectivity index (χ0n) is 10.8. The molecule has 0 saturated carbocycles. The minimum atomic E-state index is -0.645. The molecule has 17 heavy (non-hydrogen) atoms. The quantitative estimate of drug-likeness (QED) is 0.799. The molecule has 0 unspecified atom stereocenters. The van der Waals surface area contributed by atoms with E-state index in [4.69, 9.17) is 0 Å². The maximum Gasteiger partial charge on any atom is 0.123 e. The lowest BCUT2D eigenvalue weighted by Gasteiger charge is -2.27. The third-order valence-corrected chi connectivity index (χ3v) is 3.42. The molecule has 0 aliphatic heterocycles. The normalized spacial score (nSPS) is 13.7. The molecule has 0 heterocycles. The number of hydrogen-bond acceptors (Lipinski definition) is 2. The molecule has 0 saturated heterocycles. The predicted octanol–water partition coefficient (Wildman–Crippen LogP) is 3.03. The van der Waals surface area contributed by atoms with Gasteiger partial charge in [0, 0.05) is 12.6 Å². The number of halogens is 1. The van der Waals surface area contributed by atoms with E-state index >= 15 is 0 Å². The maximum atomic E-state index is 12.8. The lowest BCUT2D eigenvalue weighted by atomic mass is 9.96. The molecule has 1 atom stereocenters. The lowest BCUT2D eigenvalue weighted by Crippen LogP contribution is -2.40. The van der Waals surface area contributed by atoms with Crippen LogP contribution in [0.15, 0.2) is 24.3 Å². The Balaban J connectivity index is 2.55. The maximum absolute atomic E-state index is 12.8. The van der Waals surface area contributed by atoms with Gasteiger partial charge < -0.3 is 10.4 Å². The van der Waals surface area contributed by atoms with Crippen LogP contribution in [0.3, 0.4) is 0 Å². The van der Waals surface area contributed by atoms with Crippen LogP contribution in [0, 0.1) is 5.82 Å². The SMILES string of the molecule is CCC(O)(CC)CN[C@H](C)c1ccc(F)cc1. The fourth-order valence-electron chi connectivity index (χ4n) is 1.71. The van der Waals surface area contributed by atoms with Gasteiger partial charge in [-0.25, -0.2) is 4.39 Å². The summed E-state index contributed by atoms with van der Waals surface area (Å²) in [6, 6.07) is 6.56. The van der Waals surface area contributed by atoms with E-state index in [1.807, 2.05) is 20.8 Å². The van der Waals surface area contributed by atoms with E-state index in [-0.39, 0.29) is 11.9 Å². The van der Waals surface area contributed by atoms with Gasteiger partial charge in [-0.1, -0.05) is 26.0 Å². The summed E-state index contributed by atoms with van der Waals surface area (Å²) in [7, 11) is 0. The standard InChI is InChI=1S/C14H22FNO/c1-4-14(17,5-2)10-16-11(3)12-6-8-13(15)9-7-12/h6-9,11,16-17H,4-5,10H2,1-3H3/t11-/m1/s1. The highest BCUT2D eigenvalue weighted by atomic mass is 19.1.